The van der Waals surface area contributed by atoms with E-state index in [0.717, 1.165) is 27.3 Å². The van der Waals surface area contributed by atoms with Crippen LogP contribution in [-0.2, 0) is 18.2 Å². The van der Waals surface area contributed by atoms with E-state index in [1.54, 1.807) is 17.7 Å². The van der Waals surface area contributed by atoms with Crippen LogP contribution in [0.15, 0.2) is 40.2 Å². The van der Waals surface area contributed by atoms with E-state index in [0.29, 0.717) is 18.3 Å². The van der Waals surface area contributed by atoms with Gasteiger partial charge in [-0.3, -0.25) is 4.79 Å². The summed E-state index contributed by atoms with van der Waals surface area (Å²) in [7, 11) is 1.74. The number of hydrogen-bond donors (Lipinski definition) is 0. The lowest BCUT2D eigenvalue weighted by molar-refractivity contribution is 0.301. The highest BCUT2D eigenvalue weighted by molar-refractivity contribution is 7.91. The summed E-state index contributed by atoms with van der Waals surface area (Å²) in [6, 6.07) is 7.35. The average molecular weight is 345 g/mol. The molecule has 1 aliphatic carbocycles. The zero-order valence-corrected chi connectivity index (χ0v) is 15.2. The Labute approximate surface area is 145 Å². The molecule has 1 atom stereocenters. The number of hydrogen-bond acceptors (Lipinski definition) is 3. The van der Waals surface area contributed by atoms with Gasteiger partial charge in [0, 0.05) is 36.5 Å². The molecule has 1 heterocycles. The Hall–Kier alpha value is -1.72. The minimum Gasteiger partial charge on any atom is -0.611 e. The summed E-state index contributed by atoms with van der Waals surface area (Å²) in [6.45, 7) is 4.55. The van der Waals surface area contributed by atoms with Crippen LogP contribution in [0.2, 0.25) is 0 Å². The third-order valence-corrected chi connectivity index (χ3v) is 5.68. The second kappa shape index (κ2) is 7.03. The van der Waals surface area contributed by atoms with Crippen molar-refractivity contribution in [2.24, 2.45) is 13.0 Å². The van der Waals surface area contributed by atoms with E-state index in [1.165, 1.54) is 12.8 Å². The van der Waals surface area contributed by atoms with Crippen molar-refractivity contribution in [3.8, 4) is 16.9 Å². The van der Waals surface area contributed by atoms with Gasteiger partial charge in [0.15, 0.2) is 4.90 Å². The fraction of sp³-hybridized carbons (Fsp3) is 0.421. The van der Waals surface area contributed by atoms with Crippen molar-refractivity contribution in [2.45, 2.75) is 31.6 Å². The summed E-state index contributed by atoms with van der Waals surface area (Å²) in [5, 5.41) is 0. The van der Waals surface area contributed by atoms with Crippen LogP contribution in [0.4, 0.5) is 0 Å². The second-order valence-electron chi connectivity index (χ2n) is 6.37. The zero-order valence-electron chi connectivity index (χ0n) is 14.4. The molecule has 0 radical (unpaired) electrons. The summed E-state index contributed by atoms with van der Waals surface area (Å²) < 4.78 is 19.8. The normalized spacial score (nSPS) is 15.3. The summed E-state index contributed by atoms with van der Waals surface area (Å²) in [4.78, 5) is 12.6. The SMILES string of the molecule is CC[S+]([O-])c1ccc(OCC2CC2)c(-c2cn(C)c(=O)cc2C)c1. The monoisotopic (exact) mass is 345 g/mol. The number of pyridine rings is 1. The zero-order chi connectivity index (χ0) is 17.3. The van der Waals surface area contributed by atoms with Gasteiger partial charge in [-0.25, -0.2) is 0 Å². The highest BCUT2D eigenvalue weighted by Gasteiger charge is 2.23. The standard InChI is InChI=1S/C19H23NO3S/c1-4-24(22)15-7-8-18(23-12-14-5-6-14)16(10-15)17-11-20(3)19(21)9-13(17)2/h7-11,14H,4-6,12H2,1-3H3. The number of aryl methyl sites for hydroxylation is 2. The van der Waals surface area contributed by atoms with Crippen LogP contribution in [0.25, 0.3) is 11.1 Å². The van der Waals surface area contributed by atoms with E-state index in [1.807, 2.05) is 38.2 Å². The lowest BCUT2D eigenvalue weighted by atomic mass is 10.0. The minimum absolute atomic E-state index is 0.0370. The molecule has 1 saturated carbocycles. The Kier molecular flexibility index (Phi) is 5.01. The number of benzene rings is 1. The lowest BCUT2D eigenvalue weighted by Gasteiger charge is -2.16. The van der Waals surface area contributed by atoms with Crippen LogP contribution in [0.5, 0.6) is 5.75 Å². The van der Waals surface area contributed by atoms with Crippen molar-refractivity contribution >= 4 is 11.2 Å². The van der Waals surface area contributed by atoms with Gasteiger partial charge in [-0.2, -0.15) is 0 Å². The summed E-state index contributed by atoms with van der Waals surface area (Å²) >= 11 is -1.02. The quantitative estimate of drug-likeness (QED) is 0.755. The Morgan fingerprint density at radius 2 is 2.04 bits per heavy atom. The first kappa shape index (κ1) is 17.1. The molecule has 128 valence electrons. The third-order valence-electron chi connectivity index (χ3n) is 4.37. The Bertz CT molecular complexity index is 796. The van der Waals surface area contributed by atoms with E-state index in [9.17, 15) is 9.35 Å². The fourth-order valence-electron chi connectivity index (χ4n) is 2.65. The molecule has 1 fully saturated rings. The van der Waals surface area contributed by atoms with Gasteiger partial charge >= 0.3 is 0 Å². The first-order chi connectivity index (χ1) is 11.5. The summed E-state index contributed by atoms with van der Waals surface area (Å²) in [5.74, 6) is 2.03. The molecule has 0 saturated heterocycles. The molecular weight excluding hydrogens is 322 g/mol. The molecule has 0 amide bonds. The van der Waals surface area contributed by atoms with Gasteiger partial charge in [-0.1, -0.05) is 0 Å². The number of rotatable bonds is 6. The molecular formula is C19H23NO3S. The van der Waals surface area contributed by atoms with E-state index in [4.69, 9.17) is 4.74 Å². The molecule has 2 aromatic rings. The van der Waals surface area contributed by atoms with Crippen molar-refractivity contribution in [3.05, 3.63) is 46.4 Å². The molecule has 1 aromatic carbocycles. The molecule has 24 heavy (non-hydrogen) atoms. The van der Waals surface area contributed by atoms with Crippen molar-refractivity contribution in [3.63, 3.8) is 0 Å². The van der Waals surface area contributed by atoms with Crippen molar-refractivity contribution in [1.29, 1.82) is 0 Å². The maximum absolute atomic E-state index is 12.2. The van der Waals surface area contributed by atoms with E-state index < -0.39 is 11.2 Å². The van der Waals surface area contributed by atoms with E-state index in [2.05, 4.69) is 0 Å². The molecule has 0 spiro atoms. The van der Waals surface area contributed by atoms with Crippen molar-refractivity contribution in [2.75, 3.05) is 12.4 Å². The van der Waals surface area contributed by atoms with Gasteiger partial charge in [-0.05, 0) is 61.5 Å². The van der Waals surface area contributed by atoms with Gasteiger partial charge in [0.25, 0.3) is 5.56 Å². The van der Waals surface area contributed by atoms with Crippen LogP contribution in [-0.4, -0.2) is 21.5 Å². The highest BCUT2D eigenvalue weighted by Crippen LogP contribution is 2.36. The number of ether oxygens (including phenoxy) is 1. The van der Waals surface area contributed by atoms with Crippen molar-refractivity contribution < 1.29 is 9.29 Å². The Balaban J connectivity index is 2.07. The number of aromatic nitrogens is 1. The smallest absolute Gasteiger partial charge is 0.250 e. The molecule has 4 nitrogen and oxygen atoms in total. The molecule has 1 unspecified atom stereocenters. The van der Waals surface area contributed by atoms with Gasteiger partial charge in [-0.15, -0.1) is 0 Å². The predicted molar refractivity (Wildman–Crippen MR) is 97.0 cm³/mol. The molecule has 1 aromatic heterocycles. The van der Waals surface area contributed by atoms with E-state index >= 15 is 0 Å². The van der Waals surface area contributed by atoms with Crippen LogP contribution < -0.4 is 10.3 Å². The average Bonchev–Trinajstić information content (AvgIpc) is 3.40. The highest BCUT2D eigenvalue weighted by atomic mass is 32.2. The molecule has 0 bridgehead atoms. The molecule has 1 aliphatic rings. The third kappa shape index (κ3) is 3.68. The molecule has 0 aliphatic heterocycles. The van der Waals surface area contributed by atoms with Gasteiger partial charge in [0.2, 0.25) is 0 Å². The molecule has 5 heteroatoms. The Morgan fingerprint density at radius 3 is 2.71 bits per heavy atom. The van der Waals surface area contributed by atoms with Crippen LogP contribution in [0, 0.1) is 12.8 Å². The molecule has 3 rings (SSSR count). The topological polar surface area (TPSA) is 54.3 Å². The fourth-order valence-corrected chi connectivity index (χ4v) is 3.45. The van der Waals surface area contributed by atoms with Gasteiger partial charge in [0.05, 0.1) is 6.61 Å². The summed E-state index contributed by atoms with van der Waals surface area (Å²) in [5.41, 5.74) is 2.71. The van der Waals surface area contributed by atoms with Crippen LogP contribution >= 0.6 is 0 Å². The largest absolute Gasteiger partial charge is 0.611 e. The minimum atomic E-state index is -1.02. The van der Waals surface area contributed by atoms with E-state index in [-0.39, 0.29) is 5.56 Å². The van der Waals surface area contributed by atoms with Crippen LogP contribution in [0.3, 0.4) is 0 Å². The van der Waals surface area contributed by atoms with Gasteiger partial charge < -0.3 is 13.9 Å². The van der Waals surface area contributed by atoms with Gasteiger partial charge in [0.1, 0.15) is 11.5 Å². The van der Waals surface area contributed by atoms with Crippen molar-refractivity contribution in [1.82, 2.24) is 4.57 Å². The Morgan fingerprint density at radius 1 is 1.29 bits per heavy atom. The maximum Gasteiger partial charge on any atom is 0.250 e. The molecule has 0 N–H and O–H groups in total. The first-order valence-electron chi connectivity index (χ1n) is 8.32. The summed E-state index contributed by atoms with van der Waals surface area (Å²) in [6.07, 6.45) is 4.29. The first-order valence-corrected chi connectivity index (χ1v) is 9.64. The lowest BCUT2D eigenvalue weighted by Crippen LogP contribution is -2.16. The van der Waals surface area contributed by atoms with Crippen LogP contribution in [0.1, 0.15) is 25.3 Å². The maximum atomic E-state index is 12.2. The second-order valence-corrected chi connectivity index (χ2v) is 8.11. The predicted octanol–water partition coefficient (Wildman–Crippen LogP) is 3.28. The number of nitrogens with zero attached hydrogens (tertiary/aromatic N) is 1.